The molecule has 0 spiro atoms. The van der Waals surface area contributed by atoms with Crippen LogP contribution in [-0.4, -0.2) is 31.1 Å². The summed E-state index contributed by atoms with van der Waals surface area (Å²) < 4.78 is 162. The second kappa shape index (κ2) is 11.3. The second-order valence-corrected chi connectivity index (χ2v) is 9.60. The number of amides is 1. The summed E-state index contributed by atoms with van der Waals surface area (Å²) in [7, 11) is 1.07. The lowest BCUT2D eigenvalue weighted by Crippen LogP contribution is -2.50. The molecule has 0 saturated carbocycles. The normalized spacial score (nSPS) is 12.8. The van der Waals surface area contributed by atoms with Crippen molar-refractivity contribution < 1.29 is 62.3 Å². The van der Waals surface area contributed by atoms with E-state index in [0.717, 1.165) is 49.5 Å². The van der Waals surface area contributed by atoms with E-state index in [0.29, 0.717) is 4.90 Å². The van der Waals surface area contributed by atoms with Crippen molar-refractivity contribution in [1.29, 1.82) is 0 Å². The average Bonchev–Trinajstić information content (AvgIpc) is 2.86. The molecule has 0 heterocycles. The first-order valence-corrected chi connectivity index (χ1v) is 12.0. The maximum absolute atomic E-state index is 15.3. The lowest BCUT2D eigenvalue weighted by molar-refractivity contribution is -0.348. The lowest BCUT2D eigenvalue weighted by Gasteiger charge is -2.31. The van der Waals surface area contributed by atoms with Gasteiger partial charge >= 0.3 is 24.2 Å². The molecule has 0 unspecified atom stereocenters. The fourth-order valence-electron chi connectivity index (χ4n) is 3.90. The highest BCUT2D eigenvalue weighted by Gasteiger charge is 2.73. The van der Waals surface area contributed by atoms with E-state index in [2.05, 4.69) is 15.9 Å². The minimum Gasteiger partial charge on any atom is -0.309 e. The average molecular weight is 680 g/mol. The Labute approximate surface area is 236 Å². The predicted molar refractivity (Wildman–Crippen MR) is 128 cm³/mol. The van der Waals surface area contributed by atoms with Crippen molar-refractivity contribution in [2.24, 2.45) is 0 Å². The number of nitrogens with zero attached hydrogens (tertiary/aromatic N) is 1. The topological polar surface area (TPSA) is 37.4 Å². The molecule has 0 radical (unpaired) electrons. The van der Waals surface area contributed by atoms with Gasteiger partial charge in [-0.3, -0.25) is 9.59 Å². The molecule has 0 aliphatic carbocycles. The minimum atomic E-state index is -6.72. The molecular weight excluding hydrogens is 666 g/mol. The number of halogens is 13. The van der Waals surface area contributed by atoms with Crippen LogP contribution >= 0.6 is 15.9 Å². The van der Waals surface area contributed by atoms with Crippen molar-refractivity contribution in [3.8, 4) is 0 Å². The van der Waals surface area contributed by atoms with Gasteiger partial charge in [0.2, 0.25) is 0 Å². The maximum Gasteiger partial charge on any atom is 0.435 e. The Morgan fingerprint density at radius 1 is 0.810 bits per heavy atom. The van der Waals surface area contributed by atoms with Gasteiger partial charge in [0.15, 0.2) is 11.6 Å². The summed E-state index contributed by atoms with van der Waals surface area (Å²) in [4.78, 5) is 26.3. The van der Waals surface area contributed by atoms with Crippen LogP contribution in [-0.2, 0) is 18.3 Å². The summed E-state index contributed by atoms with van der Waals surface area (Å²) in [5.74, 6) is -4.38. The Morgan fingerprint density at radius 2 is 1.36 bits per heavy atom. The first-order valence-electron chi connectivity index (χ1n) is 11.2. The number of benzene rings is 3. The molecule has 16 heteroatoms. The number of rotatable bonds is 6. The van der Waals surface area contributed by atoms with Crippen LogP contribution in [0.4, 0.5) is 58.4 Å². The molecule has 3 aromatic rings. The van der Waals surface area contributed by atoms with E-state index in [1.54, 1.807) is 0 Å². The zero-order valence-electron chi connectivity index (χ0n) is 20.6. The number of hydrogen-bond donors (Lipinski definition) is 0. The van der Waals surface area contributed by atoms with Crippen molar-refractivity contribution in [2.75, 3.05) is 11.9 Å². The molecule has 3 nitrogen and oxygen atoms in total. The number of anilines is 1. The van der Waals surface area contributed by atoms with Crippen molar-refractivity contribution >= 4 is 33.3 Å². The van der Waals surface area contributed by atoms with Gasteiger partial charge in [0, 0.05) is 29.1 Å². The van der Waals surface area contributed by atoms with Crippen LogP contribution in [0.3, 0.4) is 0 Å². The van der Waals surface area contributed by atoms with Crippen molar-refractivity contribution in [3.05, 3.63) is 98.5 Å². The zero-order valence-corrected chi connectivity index (χ0v) is 22.2. The third-order valence-corrected chi connectivity index (χ3v) is 6.76. The maximum atomic E-state index is 15.3. The molecule has 0 aliphatic rings. The van der Waals surface area contributed by atoms with Gasteiger partial charge < -0.3 is 4.90 Å². The highest BCUT2D eigenvalue weighted by atomic mass is 79.9. The number of carbonyl (C=O) groups is 2. The Hall–Kier alpha value is -3.56. The molecule has 42 heavy (non-hydrogen) atoms. The number of Topliss-reactive ketones (excluding diaryl/α,β-unsaturated/α-hetero) is 1. The SMILES string of the molecule is CN(C(=O)c1ccc(F)cc1)c1cccc(C(=O)Cc2c(Br)cc(C(F)(C(F)(F)F)C(F)(F)F)cc2C(F)(F)F)c1F. The van der Waals surface area contributed by atoms with Crippen molar-refractivity contribution in [3.63, 3.8) is 0 Å². The van der Waals surface area contributed by atoms with Gasteiger partial charge in [0.05, 0.1) is 16.8 Å². The Bertz CT molecular complexity index is 1500. The fourth-order valence-corrected chi connectivity index (χ4v) is 4.50. The van der Waals surface area contributed by atoms with Gasteiger partial charge in [-0.15, -0.1) is 0 Å². The third kappa shape index (κ3) is 6.13. The van der Waals surface area contributed by atoms with E-state index in [9.17, 15) is 57.9 Å². The molecule has 0 atom stereocenters. The molecule has 226 valence electrons. The first kappa shape index (κ1) is 32.9. The summed E-state index contributed by atoms with van der Waals surface area (Å²) in [6.45, 7) is 0. The highest BCUT2D eigenvalue weighted by molar-refractivity contribution is 9.10. The largest absolute Gasteiger partial charge is 0.435 e. The van der Waals surface area contributed by atoms with Crippen LogP contribution in [0.5, 0.6) is 0 Å². The Balaban J connectivity index is 2.07. The van der Waals surface area contributed by atoms with Crippen molar-refractivity contribution in [2.45, 2.75) is 30.6 Å². The number of alkyl halides is 10. The number of carbonyl (C=O) groups excluding carboxylic acids is 2. The van der Waals surface area contributed by atoms with Crippen LogP contribution in [0, 0.1) is 11.6 Å². The summed E-state index contributed by atoms with van der Waals surface area (Å²) in [6, 6.07) is 6.00. The predicted octanol–water partition coefficient (Wildman–Crippen LogP) is 8.74. The molecule has 3 aromatic carbocycles. The van der Waals surface area contributed by atoms with Gasteiger partial charge in [-0.25, -0.2) is 13.2 Å². The standard InChI is InChI=1S/C26H14BrF12NO2/c1-40(22(42)12-5-7-14(28)8-6-12)19-4-2-3-15(21(19)29)20(41)11-16-17(24(31,32)33)9-13(10-18(16)27)23(30,25(34,35)36)26(37,38)39/h2-10H,11H2,1H3. The van der Waals surface area contributed by atoms with Crippen molar-refractivity contribution in [1.82, 2.24) is 0 Å². The first-order chi connectivity index (χ1) is 19.1. The van der Waals surface area contributed by atoms with E-state index in [4.69, 9.17) is 0 Å². The summed E-state index contributed by atoms with van der Waals surface area (Å²) >= 11 is 2.40. The van der Waals surface area contributed by atoms with E-state index in [1.165, 1.54) is 0 Å². The van der Waals surface area contributed by atoms with Crippen LogP contribution in [0.2, 0.25) is 0 Å². The highest BCUT2D eigenvalue weighted by Crippen LogP contribution is 2.54. The zero-order chi connectivity index (χ0) is 32.0. The molecule has 0 saturated heterocycles. The third-order valence-electron chi connectivity index (χ3n) is 6.05. The van der Waals surface area contributed by atoms with Crippen LogP contribution in [0.25, 0.3) is 0 Å². The van der Waals surface area contributed by atoms with Gasteiger partial charge in [0.25, 0.3) is 5.91 Å². The van der Waals surface area contributed by atoms with Crippen LogP contribution in [0.15, 0.2) is 59.1 Å². The molecule has 0 N–H and O–H groups in total. The monoisotopic (exact) mass is 679 g/mol. The summed E-state index contributed by atoms with van der Waals surface area (Å²) in [6.07, 6.45) is -20.5. The molecule has 1 amide bonds. The fraction of sp³-hybridized carbons (Fsp3) is 0.231. The molecule has 0 aliphatic heterocycles. The number of ketones is 1. The molecule has 0 fully saturated rings. The smallest absolute Gasteiger partial charge is 0.309 e. The summed E-state index contributed by atoms with van der Waals surface area (Å²) in [5, 5.41) is 0. The van der Waals surface area contributed by atoms with Crippen LogP contribution in [0.1, 0.15) is 37.4 Å². The van der Waals surface area contributed by atoms with Gasteiger partial charge in [-0.05, 0) is 54.1 Å². The van der Waals surface area contributed by atoms with Crippen LogP contribution < -0.4 is 4.90 Å². The molecular formula is C26H14BrF12NO2. The lowest BCUT2D eigenvalue weighted by atomic mass is 9.89. The van der Waals surface area contributed by atoms with E-state index in [1.807, 2.05) is 0 Å². The quantitative estimate of drug-likeness (QED) is 0.193. The summed E-state index contributed by atoms with van der Waals surface area (Å²) in [5.41, 5.74) is -13.6. The van der Waals surface area contributed by atoms with E-state index in [-0.39, 0.29) is 11.6 Å². The second-order valence-electron chi connectivity index (χ2n) is 8.75. The van der Waals surface area contributed by atoms with E-state index >= 15 is 4.39 Å². The number of hydrogen-bond acceptors (Lipinski definition) is 2. The molecule has 3 rings (SSSR count). The molecule has 0 bridgehead atoms. The molecule has 0 aromatic heterocycles. The minimum absolute atomic E-state index is 0.101. The Morgan fingerprint density at radius 3 is 1.86 bits per heavy atom. The Kier molecular flexibility index (Phi) is 8.84. The van der Waals surface area contributed by atoms with E-state index < -0.39 is 92.4 Å². The van der Waals surface area contributed by atoms with Gasteiger partial charge in [-0.1, -0.05) is 22.0 Å². The van der Waals surface area contributed by atoms with Gasteiger partial charge in [0.1, 0.15) is 5.82 Å². The van der Waals surface area contributed by atoms with Gasteiger partial charge in [-0.2, -0.15) is 39.5 Å².